The van der Waals surface area contributed by atoms with Crippen molar-refractivity contribution in [2.45, 2.75) is 19.3 Å². The lowest BCUT2D eigenvalue weighted by Crippen LogP contribution is -2.41. The van der Waals surface area contributed by atoms with Crippen molar-refractivity contribution in [1.29, 1.82) is 0 Å². The lowest BCUT2D eigenvalue weighted by molar-refractivity contribution is 0.182. The van der Waals surface area contributed by atoms with Crippen LogP contribution in [0.1, 0.15) is 18.4 Å². The van der Waals surface area contributed by atoms with Gasteiger partial charge in [-0.3, -0.25) is 0 Å². The van der Waals surface area contributed by atoms with Crippen LogP contribution in [0.15, 0.2) is 65.4 Å². The van der Waals surface area contributed by atoms with Crippen LogP contribution in [0.4, 0.5) is 10.5 Å². The summed E-state index contributed by atoms with van der Waals surface area (Å²) in [7, 11) is 0. The third kappa shape index (κ3) is 4.34. The van der Waals surface area contributed by atoms with Crippen molar-refractivity contribution >= 4 is 11.7 Å². The molecule has 0 atom stereocenters. The minimum absolute atomic E-state index is 0.0594. The number of likely N-dealkylation sites (tertiary alicyclic amines) is 1. The Morgan fingerprint density at radius 1 is 1.11 bits per heavy atom. The molecule has 6 heteroatoms. The van der Waals surface area contributed by atoms with Gasteiger partial charge in [0.25, 0.3) is 0 Å². The van der Waals surface area contributed by atoms with E-state index < -0.39 is 0 Å². The van der Waals surface area contributed by atoms with Crippen molar-refractivity contribution in [2.75, 3.05) is 18.4 Å². The minimum Gasteiger partial charge on any atom is -0.423 e. The molecule has 1 aromatic heterocycles. The van der Waals surface area contributed by atoms with E-state index in [2.05, 4.69) is 39.8 Å². The Morgan fingerprint density at radius 2 is 1.93 bits per heavy atom. The zero-order valence-electron chi connectivity index (χ0n) is 15.0. The molecule has 0 bridgehead atoms. The highest BCUT2D eigenvalue weighted by Crippen LogP contribution is 2.24. The fraction of sp³-hybridized carbons (Fsp3) is 0.286. The van der Waals surface area contributed by atoms with Gasteiger partial charge in [-0.25, -0.2) is 4.79 Å². The van der Waals surface area contributed by atoms with E-state index in [0.29, 0.717) is 11.8 Å². The molecule has 2 heterocycles. The maximum Gasteiger partial charge on any atom is 0.321 e. The number of benzene rings is 2. The van der Waals surface area contributed by atoms with Crippen LogP contribution in [0.2, 0.25) is 0 Å². The maximum absolute atomic E-state index is 12.6. The summed E-state index contributed by atoms with van der Waals surface area (Å²) in [6.45, 7) is 1.57. The first-order valence-corrected chi connectivity index (χ1v) is 9.24. The van der Waals surface area contributed by atoms with Gasteiger partial charge in [0.2, 0.25) is 12.3 Å². The summed E-state index contributed by atoms with van der Waals surface area (Å²) in [5.74, 6) is 1.07. The molecule has 1 fully saturated rings. The molecule has 0 spiro atoms. The molecule has 0 saturated carbocycles. The number of carbonyl (C=O) groups is 1. The SMILES string of the molecule is O=C(Nc1cccc(-c2nnco2)c1)N1CCC(Cc2ccccc2)CC1. The van der Waals surface area contributed by atoms with Gasteiger partial charge in [-0.2, -0.15) is 0 Å². The van der Waals surface area contributed by atoms with E-state index in [1.165, 1.54) is 12.0 Å². The van der Waals surface area contributed by atoms with Crippen molar-refractivity contribution in [1.82, 2.24) is 15.1 Å². The Hall–Kier alpha value is -3.15. The molecule has 2 aromatic carbocycles. The van der Waals surface area contributed by atoms with E-state index >= 15 is 0 Å². The first-order chi connectivity index (χ1) is 13.3. The zero-order valence-corrected chi connectivity index (χ0v) is 15.0. The smallest absolute Gasteiger partial charge is 0.321 e. The summed E-state index contributed by atoms with van der Waals surface area (Å²) in [5.41, 5.74) is 2.88. The number of nitrogens with one attached hydrogen (secondary N) is 1. The summed E-state index contributed by atoms with van der Waals surface area (Å²) in [6.07, 6.45) is 4.44. The predicted molar refractivity (Wildman–Crippen MR) is 103 cm³/mol. The van der Waals surface area contributed by atoms with Gasteiger partial charge in [0.05, 0.1) is 0 Å². The van der Waals surface area contributed by atoms with Gasteiger partial charge in [-0.15, -0.1) is 10.2 Å². The third-order valence-corrected chi connectivity index (χ3v) is 4.99. The number of amides is 2. The van der Waals surface area contributed by atoms with Crippen LogP contribution in [0, 0.1) is 5.92 Å². The molecule has 4 rings (SSSR count). The fourth-order valence-corrected chi connectivity index (χ4v) is 3.52. The molecule has 6 nitrogen and oxygen atoms in total. The fourth-order valence-electron chi connectivity index (χ4n) is 3.52. The number of carbonyl (C=O) groups excluding carboxylic acids is 1. The van der Waals surface area contributed by atoms with Crippen molar-refractivity contribution in [3.63, 3.8) is 0 Å². The molecule has 0 radical (unpaired) electrons. The molecule has 1 saturated heterocycles. The Morgan fingerprint density at radius 3 is 2.67 bits per heavy atom. The molecule has 27 heavy (non-hydrogen) atoms. The number of hydrogen-bond acceptors (Lipinski definition) is 4. The van der Waals surface area contributed by atoms with Crippen LogP contribution in [-0.4, -0.2) is 34.2 Å². The van der Waals surface area contributed by atoms with Gasteiger partial charge in [-0.05, 0) is 48.9 Å². The highest BCUT2D eigenvalue weighted by Gasteiger charge is 2.23. The molecule has 1 aliphatic heterocycles. The summed E-state index contributed by atoms with van der Waals surface area (Å²) in [6, 6.07) is 17.9. The van der Waals surface area contributed by atoms with Gasteiger partial charge in [-0.1, -0.05) is 36.4 Å². The molecule has 1 aliphatic rings. The number of urea groups is 1. The molecular formula is C21H22N4O2. The monoisotopic (exact) mass is 362 g/mol. The van der Waals surface area contributed by atoms with Gasteiger partial charge in [0.1, 0.15) is 0 Å². The van der Waals surface area contributed by atoms with Gasteiger partial charge in [0.15, 0.2) is 0 Å². The average Bonchev–Trinajstić information content (AvgIpc) is 3.24. The number of rotatable bonds is 4. The third-order valence-electron chi connectivity index (χ3n) is 4.99. The van der Waals surface area contributed by atoms with Crippen LogP contribution in [-0.2, 0) is 6.42 Å². The van der Waals surface area contributed by atoms with Crippen LogP contribution < -0.4 is 5.32 Å². The van der Waals surface area contributed by atoms with Crippen molar-refractivity contribution in [2.24, 2.45) is 5.92 Å². The Labute approximate surface area is 158 Å². The van der Waals surface area contributed by atoms with Crippen LogP contribution in [0.5, 0.6) is 0 Å². The second-order valence-corrected chi connectivity index (χ2v) is 6.87. The second-order valence-electron chi connectivity index (χ2n) is 6.87. The highest BCUT2D eigenvalue weighted by molar-refractivity contribution is 5.90. The predicted octanol–water partition coefficient (Wildman–Crippen LogP) is 4.22. The first-order valence-electron chi connectivity index (χ1n) is 9.24. The van der Waals surface area contributed by atoms with Crippen molar-refractivity contribution in [3.05, 3.63) is 66.6 Å². The number of aromatic nitrogens is 2. The second kappa shape index (κ2) is 8.03. The van der Waals surface area contributed by atoms with Crippen molar-refractivity contribution < 1.29 is 9.21 Å². The zero-order chi connectivity index (χ0) is 18.5. The molecule has 2 amide bonds. The number of hydrogen-bond donors (Lipinski definition) is 1. The van der Waals surface area contributed by atoms with E-state index in [1.54, 1.807) is 0 Å². The lowest BCUT2D eigenvalue weighted by Gasteiger charge is -2.32. The van der Waals surface area contributed by atoms with Gasteiger partial charge in [0, 0.05) is 24.3 Å². The van der Waals surface area contributed by atoms with Crippen molar-refractivity contribution in [3.8, 4) is 11.5 Å². The quantitative estimate of drug-likeness (QED) is 0.754. The topological polar surface area (TPSA) is 71.3 Å². The molecule has 3 aromatic rings. The Bertz CT molecular complexity index is 872. The Balaban J connectivity index is 1.31. The van der Waals surface area contributed by atoms with E-state index in [9.17, 15) is 4.79 Å². The normalized spacial score (nSPS) is 14.9. The van der Waals surface area contributed by atoms with E-state index in [-0.39, 0.29) is 6.03 Å². The first kappa shape index (κ1) is 17.3. The van der Waals surface area contributed by atoms with Crippen LogP contribution in [0.25, 0.3) is 11.5 Å². The maximum atomic E-state index is 12.6. The minimum atomic E-state index is -0.0594. The molecule has 138 valence electrons. The molecule has 0 aliphatic carbocycles. The largest absolute Gasteiger partial charge is 0.423 e. The summed E-state index contributed by atoms with van der Waals surface area (Å²) in [4.78, 5) is 14.5. The van der Waals surface area contributed by atoms with Crippen LogP contribution >= 0.6 is 0 Å². The summed E-state index contributed by atoms with van der Waals surface area (Å²) in [5, 5.41) is 10.6. The molecule has 1 N–H and O–H groups in total. The number of anilines is 1. The van der Waals surface area contributed by atoms with E-state index in [4.69, 9.17) is 4.42 Å². The Kier molecular flexibility index (Phi) is 5.14. The average molecular weight is 362 g/mol. The summed E-state index contributed by atoms with van der Waals surface area (Å²) < 4.78 is 5.21. The molecule has 0 unspecified atom stereocenters. The standard InChI is InChI=1S/C21H22N4O2/c26-21(23-19-8-4-7-18(14-19)20-24-22-15-27-20)25-11-9-17(10-12-25)13-16-5-2-1-3-6-16/h1-8,14-15,17H,9-13H2,(H,23,26). The lowest BCUT2D eigenvalue weighted by atomic mass is 9.90. The summed E-state index contributed by atoms with van der Waals surface area (Å²) >= 11 is 0. The molecular weight excluding hydrogens is 340 g/mol. The van der Waals surface area contributed by atoms with Gasteiger partial charge >= 0.3 is 6.03 Å². The van der Waals surface area contributed by atoms with E-state index in [0.717, 1.165) is 43.6 Å². The number of nitrogens with zero attached hydrogens (tertiary/aromatic N) is 3. The van der Waals surface area contributed by atoms with E-state index in [1.807, 2.05) is 35.2 Å². The number of piperidine rings is 1. The van der Waals surface area contributed by atoms with Gasteiger partial charge < -0.3 is 14.6 Å². The van der Waals surface area contributed by atoms with Crippen LogP contribution in [0.3, 0.4) is 0 Å². The highest BCUT2D eigenvalue weighted by atomic mass is 16.4.